The van der Waals surface area contributed by atoms with Crippen molar-refractivity contribution < 1.29 is 19.2 Å². The standard InChI is InChI=1S/C7H9NO2.C3H5NO2/c1-2-5-8-6(9)3-4-7(8)10;5-2-1-4-3-6/h3-4H,2,5H2,1H3;2-3H,1H2,(H,4,6). The maximum absolute atomic E-state index is 10.8. The van der Waals surface area contributed by atoms with Crippen molar-refractivity contribution in [1.82, 2.24) is 10.2 Å². The Morgan fingerprint density at radius 3 is 2.12 bits per heavy atom. The number of hydrogen-bond donors (Lipinski definition) is 1. The molecular formula is C10H14N2O4. The maximum Gasteiger partial charge on any atom is 0.253 e. The average Bonchev–Trinajstić information content (AvgIpc) is 2.59. The van der Waals surface area contributed by atoms with Crippen LogP contribution in [0.4, 0.5) is 0 Å². The Morgan fingerprint density at radius 2 is 1.81 bits per heavy atom. The highest BCUT2D eigenvalue weighted by Gasteiger charge is 2.21. The molecule has 0 spiro atoms. The molecule has 6 nitrogen and oxygen atoms in total. The highest BCUT2D eigenvalue weighted by atomic mass is 16.2. The molecule has 6 heteroatoms. The predicted octanol–water partition coefficient (Wildman–Crippen LogP) is -0.747. The first-order valence-corrected chi connectivity index (χ1v) is 4.81. The van der Waals surface area contributed by atoms with Gasteiger partial charge in [-0.1, -0.05) is 6.92 Å². The molecule has 1 N–H and O–H groups in total. The molecule has 88 valence electrons. The van der Waals surface area contributed by atoms with E-state index in [1.165, 1.54) is 17.1 Å². The Hall–Kier alpha value is -1.98. The number of carbonyl (C=O) groups excluding carboxylic acids is 4. The summed E-state index contributed by atoms with van der Waals surface area (Å²) >= 11 is 0. The van der Waals surface area contributed by atoms with Crippen LogP contribution in [0.15, 0.2) is 12.2 Å². The van der Waals surface area contributed by atoms with Gasteiger partial charge in [0.25, 0.3) is 11.8 Å². The Kier molecular flexibility index (Phi) is 7.31. The number of imide groups is 1. The summed E-state index contributed by atoms with van der Waals surface area (Å²) in [6.45, 7) is 2.58. The SMILES string of the molecule is CCCN1C(=O)C=CC1=O.O=CCNC=O. The van der Waals surface area contributed by atoms with E-state index in [4.69, 9.17) is 0 Å². The number of carbonyl (C=O) groups is 4. The average molecular weight is 226 g/mol. The zero-order chi connectivity index (χ0) is 12.4. The molecule has 0 fully saturated rings. The first kappa shape index (κ1) is 14.0. The second kappa shape index (κ2) is 8.34. The molecule has 0 aromatic heterocycles. The monoisotopic (exact) mass is 226 g/mol. The number of nitrogens with one attached hydrogen (secondary N) is 1. The summed E-state index contributed by atoms with van der Waals surface area (Å²) in [6.07, 6.45) is 4.53. The molecule has 3 amide bonds. The van der Waals surface area contributed by atoms with Gasteiger partial charge in [-0.05, 0) is 6.42 Å². The van der Waals surface area contributed by atoms with Crippen LogP contribution < -0.4 is 5.32 Å². The quantitative estimate of drug-likeness (QED) is 0.380. The van der Waals surface area contributed by atoms with Gasteiger partial charge in [0, 0.05) is 18.7 Å². The third-order valence-electron chi connectivity index (χ3n) is 1.63. The predicted molar refractivity (Wildman–Crippen MR) is 56.3 cm³/mol. The largest absolute Gasteiger partial charge is 0.352 e. The lowest BCUT2D eigenvalue weighted by Crippen LogP contribution is -2.30. The molecule has 1 aliphatic rings. The molecule has 1 heterocycles. The molecule has 0 unspecified atom stereocenters. The van der Waals surface area contributed by atoms with Gasteiger partial charge in [0.2, 0.25) is 6.41 Å². The summed E-state index contributed by atoms with van der Waals surface area (Å²) in [5.74, 6) is -0.376. The Bertz CT molecular complexity index is 273. The van der Waals surface area contributed by atoms with Crippen molar-refractivity contribution in [1.29, 1.82) is 0 Å². The fourth-order valence-electron chi connectivity index (χ4n) is 0.971. The minimum Gasteiger partial charge on any atom is -0.352 e. The zero-order valence-corrected chi connectivity index (χ0v) is 9.01. The van der Waals surface area contributed by atoms with E-state index < -0.39 is 0 Å². The van der Waals surface area contributed by atoms with Crippen LogP contribution in [-0.2, 0) is 19.2 Å². The Balaban J connectivity index is 0.000000325. The van der Waals surface area contributed by atoms with Crippen LogP contribution in [0.5, 0.6) is 0 Å². The highest BCUT2D eigenvalue weighted by molar-refractivity contribution is 6.12. The van der Waals surface area contributed by atoms with Gasteiger partial charge in [-0.3, -0.25) is 19.3 Å². The van der Waals surface area contributed by atoms with Crippen molar-refractivity contribution in [3.63, 3.8) is 0 Å². The number of amides is 3. The lowest BCUT2D eigenvalue weighted by atomic mass is 10.4. The molecule has 0 aromatic rings. The van der Waals surface area contributed by atoms with Crippen LogP contribution in [0.3, 0.4) is 0 Å². The summed E-state index contributed by atoms with van der Waals surface area (Å²) in [7, 11) is 0. The molecule has 0 bridgehead atoms. The molecular weight excluding hydrogens is 212 g/mol. The van der Waals surface area contributed by atoms with Crippen LogP contribution in [0.1, 0.15) is 13.3 Å². The normalized spacial score (nSPS) is 13.2. The maximum atomic E-state index is 10.8. The van der Waals surface area contributed by atoms with Crippen molar-refractivity contribution >= 4 is 24.5 Å². The molecule has 0 saturated carbocycles. The third kappa shape index (κ3) is 5.04. The number of rotatable bonds is 5. The number of nitrogens with zero attached hydrogens (tertiary/aromatic N) is 1. The van der Waals surface area contributed by atoms with E-state index in [9.17, 15) is 19.2 Å². The third-order valence-corrected chi connectivity index (χ3v) is 1.63. The highest BCUT2D eigenvalue weighted by Crippen LogP contribution is 2.02. The molecule has 0 aromatic carbocycles. The van der Waals surface area contributed by atoms with Crippen LogP contribution in [0.25, 0.3) is 0 Å². The van der Waals surface area contributed by atoms with Gasteiger partial charge < -0.3 is 10.1 Å². The van der Waals surface area contributed by atoms with Gasteiger partial charge in [0.1, 0.15) is 6.29 Å². The smallest absolute Gasteiger partial charge is 0.253 e. The molecule has 0 saturated heterocycles. The van der Waals surface area contributed by atoms with E-state index in [1.807, 2.05) is 6.92 Å². The molecule has 1 rings (SSSR count). The molecule has 16 heavy (non-hydrogen) atoms. The molecule has 0 atom stereocenters. The van der Waals surface area contributed by atoms with E-state index in [1.54, 1.807) is 0 Å². The van der Waals surface area contributed by atoms with Gasteiger partial charge in [-0.25, -0.2) is 0 Å². The van der Waals surface area contributed by atoms with Gasteiger partial charge in [-0.15, -0.1) is 0 Å². The van der Waals surface area contributed by atoms with E-state index in [-0.39, 0.29) is 18.4 Å². The van der Waals surface area contributed by atoms with Crippen molar-refractivity contribution in [2.45, 2.75) is 13.3 Å². The number of hydrogen-bond acceptors (Lipinski definition) is 4. The fraction of sp³-hybridized carbons (Fsp3) is 0.400. The minimum atomic E-state index is -0.188. The van der Waals surface area contributed by atoms with Crippen LogP contribution in [-0.4, -0.2) is 42.5 Å². The van der Waals surface area contributed by atoms with Gasteiger partial charge in [0.15, 0.2) is 0 Å². The van der Waals surface area contributed by atoms with Crippen LogP contribution >= 0.6 is 0 Å². The van der Waals surface area contributed by atoms with Crippen molar-refractivity contribution in [2.24, 2.45) is 0 Å². The Labute approximate surface area is 93.3 Å². The second-order valence-corrected chi connectivity index (χ2v) is 2.85. The van der Waals surface area contributed by atoms with Crippen molar-refractivity contribution in [3.05, 3.63) is 12.2 Å². The van der Waals surface area contributed by atoms with E-state index in [0.717, 1.165) is 6.42 Å². The first-order valence-electron chi connectivity index (χ1n) is 4.81. The topological polar surface area (TPSA) is 83.6 Å². The van der Waals surface area contributed by atoms with E-state index >= 15 is 0 Å². The summed E-state index contributed by atoms with van der Waals surface area (Å²) in [6, 6.07) is 0. The lowest BCUT2D eigenvalue weighted by Gasteiger charge is -2.10. The van der Waals surface area contributed by atoms with Crippen molar-refractivity contribution in [3.8, 4) is 0 Å². The Morgan fingerprint density at radius 1 is 1.25 bits per heavy atom. The van der Waals surface area contributed by atoms with Crippen LogP contribution in [0.2, 0.25) is 0 Å². The fourth-order valence-corrected chi connectivity index (χ4v) is 0.971. The second-order valence-electron chi connectivity index (χ2n) is 2.85. The van der Waals surface area contributed by atoms with Crippen molar-refractivity contribution in [2.75, 3.05) is 13.1 Å². The lowest BCUT2D eigenvalue weighted by molar-refractivity contribution is -0.136. The first-order chi connectivity index (χ1) is 7.67. The van der Waals surface area contributed by atoms with Gasteiger partial charge >= 0.3 is 0 Å². The minimum absolute atomic E-state index is 0.115. The van der Waals surface area contributed by atoms with E-state index in [0.29, 0.717) is 19.2 Å². The van der Waals surface area contributed by atoms with Crippen LogP contribution in [0, 0.1) is 0 Å². The molecule has 0 radical (unpaired) electrons. The summed E-state index contributed by atoms with van der Waals surface area (Å²) in [5, 5.41) is 2.15. The molecule has 0 aliphatic carbocycles. The van der Waals surface area contributed by atoms with E-state index in [2.05, 4.69) is 5.32 Å². The zero-order valence-electron chi connectivity index (χ0n) is 9.01. The molecule has 1 aliphatic heterocycles. The summed E-state index contributed by atoms with van der Waals surface area (Å²) in [5.41, 5.74) is 0. The van der Waals surface area contributed by atoms with Gasteiger partial charge in [-0.2, -0.15) is 0 Å². The summed E-state index contributed by atoms with van der Waals surface area (Å²) in [4.78, 5) is 41.5. The number of aldehydes is 1. The van der Waals surface area contributed by atoms with Gasteiger partial charge in [0.05, 0.1) is 6.54 Å². The summed E-state index contributed by atoms with van der Waals surface area (Å²) < 4.78 is 0.